The van der Waals surface area contributed by atoms with Crippen molar-refractivity contribution in [1.29, 1.82) is 0 Å². The molecule has 166 valence electrons. The van der Waals surface area contributed by atoms with Gasteiger partial charge in [0.05, 0.1) is 5.69 Å². The fourth-order valence-corrected chi connectivity index (χ4v) is 4.25. The first kappa shape index (κ1) is 22.1. The van der Waals surface area contributed by atoms with E-state index in [1.165, 1.54) is 11.3 Å². The number of anilines is 2. The Labute approximate surface area is 192 Å². The van der Waals surface area contributed by atoms with Gasteiger partial charge in [-0.15, -0.1) is 11.6 Å². The Balaban J connectivity index is 1.61. The van der Waals surface area contributed by atoms with Crippen LogP contribution in [0.3, 0.4) is 0 Å². The van der Waals surface area contributed by atoms with Crippen LogP contribution < -0.4 is 15.1 Å². The highest BCUT2D eigenvalue weighted by molar-refractivity contribution is 6.39. The second kappa shape index (κ2) is 9.17. The first-order valence-corrected chi connectivity index (χ1v) is 11.4. The highest BCUT2D eigenvalue weighted by Gasteiger charge is 2.36. The standard InChI is InChI=1S/C25H26ClN3O3/c1-16(2)18-5-7-20(8-6-18)29-24(31)21(23(30)27-25(29)32)15-17-4-9-22-19(14-17)10-13-28(22)12-3-11-26/h4-9,14-16H,3,10-13H2,1-2H3,(H,27,30,32). The Bertz CT molecular complexity index is 1090. The van der Waals surface area contributed by atoms with E-state index in [0.717, 1.165) is 42.0 Å². The van der Waals surface area contributed by atoms with Crippen LogP contribution in [-0.2, 0) is 16.0 Å². The van der Waals surface area contributed by atoms with Gasteiger partial charge in [-0.3, -0.25) is 14.9 Å². The number of carbonyl (C=O) groups excluding carboxylic acids is 3. The highest BCUT2D eigenvalue weighted by Crippen LogP contribution is 2.30. The van der Waals surface area contributed by atoms with E-state index in [9.17, 15) is 14.4 Å². The normalized spacial score (nSPS) is 17.4. The van der Waals surface area contributed by atoms with Gasteiger partial charge in [-0.05, 0) is 65.8 Å². The summed E-state index contributed by atoms with van der Waals surface area (Å²) < 4.78 is 0. The number of carbonyl (C=O) groups is 3. The molecule has 1 fully saturated rings. The minimum Gasteiger partial charge on any atom is -0.371 e. The zero-order valence-corrected chi connectivity index (χ0v) is 19.0. The van der Waals surface area contributed by atoms with Crippen molar-refractivity contribution in [3.8, 4) is 0 Å². The number of imide groups is 2. The molecule has 7 heteroatoms. The summed E-state index contributed by atoms with van der Waals surface area (Å²) in [5, 5.41) is 2.29. The van der Waals surface area contributed by atoms with Crippen LogP contribution in [0.4, 0.5) is 16.2 Å². The third-order valence-electron chi connectivity index (χ3n) is 5.89. The molecule has 4 amide bonds. The first-order valence-electron chi connectivity index (χ1n) is 10.8. The smallest absolute Gasteiger partial charge is 0.335 e. The van der Waals surface area contributed by atoms with Gasteiger partial charge in [0.25, 0.3) is 11.8 Å². The van der Waals surface area contributed by atoms with E-state index in [0.29, 0.717) is 17.5 Å². The Morgan fingerprint density at radius 1 is 1.09 bits per heavy atom. The average molecular weight is 452 g/mol. The summed E-state index contributed by atoms with van der Waals surface area (Å²) >= 11 is 5.82. The second-order valence-electron chi connectivity index (χ2n) is 8.37. The summed E-state index contributed by atoms with van der Waals surface area (Å²) in [6.07, 6.45) is 3.38. The number of benzene rings is 2. The van der Waals surface area contributed by atoms with Crippen molar-refractivity contribution in [2.75, 3.05) is 28.8 Å². The van der Waals surface area contributed by atoms with E-state index in [-0.39, 0.29) is 5.57 Å². The topological polar surface area (TPSA) is 69.7 Å². The number of nitrogens with one attached hydrogen (secondary N) is 1. The van der Waals surface area contributed by atoms with Gasteiger partial charge >= 0.3 is 6.03 Å². The quantitative estimate of drug-likeness (QED) is 0.399. The SMILES string of the molecule is CC(C)c1ccc(N2C(=O)NC(=O)C(=Cc3ccc4c(c3)CCN4CCCCl)C2=O)cc1. The van der Waals surface area contributed by atoms with E-state index in [1.54, 1.807) is 18.2 Å². The van der Waals surface area contributed by atoms with Gasteiger partial charge < -0.3 is 4.90 Å². The molecule has 4 rings (SSSR count). The van der Waals surface area contributed by atoms with Gasteiger partial charge in [0.15, 0.2) is 0 Å². The van der Waals surface area contributed by atoms with Crippen LogP contribution >= 0.6 is 11.6 Å². The fraction of sp³-hybridized carbons (Fsp3) is 0.320. The highest BCUT2D eigenvalue weighted by atomic mass is 35.5. The number of alkyl halides is 1. The molecular formula is C25H26ClN3O3. The van der Waals surface area contributed by atoms with Gasteiger partial charge in [0.2, 0.25) is 0 Å². The van der Waals surface area contributed by atoms with Gasteiger partial charge in [0, 0.05) is 24.7 Å². The molecule has 0 bridgehead atoms. The van der Waals surface area contributed by atoms with Crippen molar-refractivity contribution >= 4 is 46.9 Å². The number of nitrogens with zero attached hydrogens (tertiary/aromatic N) is 2. The lowest BCUT2D eigenvalue weighted by Gasteiger charge is -2.26. The van der Waals surface area contributed by atoms with Crippen LogP contribution in [0.2, 0.25) is 0 Å². The molecule has 0 aromatic heterocycles. The number of rotatable bonds is 6. The zero-order valence-electron chi connectivity index (χ0n) is 18.2. The molecule has 6 nitrogen and oxygen atoms in total. The molecule has 2 aromatic rings. The van der Waals surface area contributed by atoms with Crippen LogP contribution in [0, 0.1) is 0 Å². The molecule has 0 radical (unpaired) electrons. The summed E-state index contributed by atoms with van der Waals surface area (Å²) in [6, 6.07) is 12.4. The van der Waals surface area contributed by atoms with Gasteiger partial charge in [0.1, 0.15) is 5.57 Å². The molecule has 2 heterocycles. The van der Waals surface area contributed by atoms with Crippen LogP contribution in [0.1, 0.15) is 42.9 Å². The van der Waals surface area contributed by atoms with Gasteiger partial charge in [-0.1, -0.05) is 32.0 Å². The largest absolute Gasteiger partial charge is 0.371 e. The third kappa shape index (κ3) is 4.28. The zero-order chi connectivity index (χ0) is 22.8. The first-order chi connectivity index (χ1) is 15.4. The Kier molecular flexibility index (Phi) is 6.33. The molecule has 2 aromatic carbocycles. The van der Waals surface area contributed by atoms with E-state index < -0.39 is 17.8 Å². The van der Waals surface area contributed by atoms with Crippen molar-refractivity contribution in [1.82, 2.24) is 5.32 Å². The number of fused-ring (bicyclic) bond motifs is 1. The number of amides is 4. The van der Waals surface area contributed by atoms with Crippen LogP contribution in [0.25, 0.3) is 6.08 Å². The molecule has 0 atom stereocenters. The monoisotopic (exact) mass is 451 g/mol. The third-order valence-corrected chi connectivity index (χ3v) is 6.15. The molecule has 0 unspecified atom stereocenters. The fourth-order valence-electron chi connectivity index (χ4n) is 4.13. The summed E-state index contributed by atoms with van der Waals surface area (Å²) in [7, 11) is 0. The van der Waals surface area contributed by atoms with Gasteiger partial charge in [-0.2, -0.15) is 0 Å². The Morgan fingerprint density at radius 3 is 2.53 bits per heavy atom. The number of hydrogen-bond donors (Lipinski definition) is 1. The molecule has 0 spiro atoms. The minimum absolute atomic E-state index is 0.0607. The molecule has 1 N–H and O–H groups in total. The maximum atomic E-state index is 13.1. The second-order valence-corrected chi connectivity index (χ2v) is 8.75. The summed E-state index contributed by atoms with van der Waals surface area (Å²) in [6.45, 7) is 5.98. The Hall–Kier alpha value is -3.12. The van der Waals surface area contributed by atoms with E-state index in [2.05, 4.69) is 24.1 Å². The number of hydrogen-bond acceptors (Lipinski definition) is 4. The lowest BCUT2D eigenvalue weighted by atomic mass is 10.0. The van der Waals surface area contributed by atoms with Crippen molar-refractivity contribution in [3.63, 3.8) is 0 Å². The molecule has 32 heavy (non-hydrogen) atoms. The molecule has 2 aliphatic heterocycles. The molecule has 2 aliphatic rings. The number of urea groups is 1. The number of halogens is 1. The molecule has 0 saturated carbocycles. The molecular weight excluding hydrogens is 426 g/mol. The minimum atomic E-state index is -0.738. The van der Waals surface area contributed by atoms with Crippen molar-refractivity contribution in [3.05, 3.63) is 64.7 Å². The van der Waals surface area contributed by atoms with E-state index in [1.807, 2.05) is 30.3 Å². The van der Waals surface area contributed by atoms with E-state index >= 15 is 0 Å². The van der Waals surface area contributed by atoms with Crippen molar-refractivity contribution < 1.29 is 14.4 Å². The number of barbiturate groups is 1. The predicted octanol–water partition coefficient (Wildman–Crippen LogP) is 4.47. The summed E-state index contributed by atoms with van der Waals surface area (Å²) in [4.78, 5) is 41.4. The maximum absolute atomic E-state index is 13.1. The van der Waals surface area contributed by atoms with Gasteiger partial charge in [-0.25, -0.2) is 9.69 Å². The Morgan fingerprint density at radius 2 is 1.84 bits per heavy atom. The lowest BCUT2D eigenvalue weighted by molar-refractivity contribution is -0.122. The summed E-state index contributed by atoms with van der Waals surface area (Å²) in [5.41, 5.74) is 4.57. The molecule has 0 aliphatic carbocycles. The van der Waals surface area contributed by atoms with E-state index in [4.69, 9.17) is 11.6 Å². The van der Waals surface area contributed by atoms with Crippen molar-refractivity contribution in [2.24, 2.45) is 0 Å². The predicted molar refractivity (Wildman–Crippen MR) is 127 cm³/mol. The lowest BCUT2D eigenvalue weighted by Crippen LogP contribution is -2.54. The summed E-state index contributed by atoms with van der Waals surface area (Å²) in [5.74, 6) is -0.347. The molecule has 1 saturated heterocycles. The van der Waals surface area contributed by atoms with Crippen LogP contribution in [-0.4, -0.2) is 36.8 Å². The van der Waals surface area contributed by atoms with Crippen molar-refractivity contribution in [2.45, 2.75) is 32.6 Å². The average Bonchev–Trinajstić information content (AvgIpc) is 3.17. The van der Waals surface area contributed by atoms with Crippen LogP contribution in [0.15, 0.2) is 48.0 Å². The maximum Gasteiger partial charge on any atom is 0.335 e. The van der Waals surface area contributed by atoms with Crippen LogP contribution in [0.5, 0.6) is 0 Å².